The topological polar surface area (TPSA) is 108 Å². The molecule has 9 heteroatoms. The summed E-state index contributed by atoms with van der Waals surface area (Å²) in [5.41, 5.74) is 3.59. The fourth-order valence-corrected chi connectivity index (χ4v) is 5.64. The van der Waals surface area contributed by atoms with Gasteiger partial charge < -0.3 is 14.8 Å². The Labute approximate surface area is 219 Å². The zero-order valence-electron chi connectivity index (χ0n) is 21.3. The van der Waals surface area contributed by atoms with Crippen molar-refractivity contribution in [3.05, 3.63) is 97.6 Å². The molecule has 0 amide bonds. The molecule has 1 aliphatic carbocycles. The number of esters is 1. The van der Waals surface area contributed by atoms with Crippen molar-refractivity contribution in [1.82, 2.24) is 5.32 Å². The number of dihydropyridines is 1. The Morgan fingerprint density at radius 1 is 1.16 bits per heavy atom. The minimum absolute atomic E-state index is 0.0830. The minimum Gasteiger partial charge on any atom is -0.459 e. The Balaban J connectivity index is 1.55. The number of Topliss-reactive ketones (excluding diaryl/α,β-unsaturated/α-hetero) is 1. The molecule has 0 aromatic heterocycles. The van der Waals surface area contributed by atoms with E-state index >= 15 is 0 Å². The van der Waals surface area contributed by atoms with Gasteiger partial charge in [-0.2, -0.15) is 0 Å². The van der Waals surface area contributed by atoms with Gasteiger partial charge in [0, 0.05) is 47.5 Å². The van der Waals surface area contributed by atoms with Crippen LogP contribution in [0.25, 0.3) is 0 Å². The normalized spacial score (nSPS) is 23.2. The summed E-state index contributed by atoms with van der Waals surface area (Å²) in [6.07, 6.45) is 2.19. The van der Waals surface area contributed by atoms with E-state index in [2.05, 4.69) is 5.32 Å². The predicted octanol–water partition coefficient (Wildman–Crippen LogP) is 5.13. The maximum atomic E-state index is 13.7. The van der Waals surface area contributed by atoms with Crippen LogP contribution < -0.4 is 5.32 Å². The first-order valence-electron chi connectivity index (χ1n) is 12.8. The number of ketones is 1. The molecule has 0 saturated carbocycles. The monoisotopic (exact) mass is 520 g/mol. The molecular formula is C29H29FN2O6. The van der Waals surface area contributed by atoms with Gasteiger partial charge in [-0.05, 0) is 62.3 Å². The van der Waals surface area contributed by atoms with Gasteiger partial charge in [-0.3, -0.25) is 14.9 Å². The van der Waals surface area contributed by atoms with Crippen molar-refractivity contribution < 1.29 is 28.4 Å². The van der Waals surface area contributed by atoms with Gasteiger partial charge in [0.15, 0.2) is 5.78 Å². The highest BCUT2D eigenvalue weighted by Gasteiger charge is 2.42. The second-order valence-corrected chi connectivity index (χ2v) is 10.1. The zero-order chi connectivity index (χ0) is 27.0. The largest absolute Gasteiger partial charge is 0.459 e. The van der Waals surface area contributed by atoms with E-state index in [9.17, 15) is 24.1 Å². The van der Waals surface area contributed by atoms with E-state index in [0.29, 0.717) is 41.1 Å². The van der Waals surface area contributed by atoms with E-state index in [0.717, 1.165) is 18.4 Å². The van der Waals surface area contributed by atoms with E-state index in [-0.39, 0.29) is 47.9 Å². The van der Waals surface area contributed by atoms with Crippen LogP contribution in [0, 0.1) is 22.9 Å². The van der Waals surface area contributed by atoms with Crippen LogP contribution in [0.1, 0.15) is 61.1 Å². The number of halogens is 1. The Bertz CT molecular complexity index is 1360. The number of ether oxygens (including phenoxy) is 2. The lowest BCUT2D eigenvalue weighted by atomic mass is 9.71. The molecule has 3 atom stereocenters. The Hall–Kier alpha value is -3.85. The van der Waals surface area contributed by atoms with Gasteiger partial charge in [0.25, 0.3) is 5.69 Å². The molecule has 0 spiro atoms. The first kappa shape index (κ1) is 25.8. The predicted molar refractivity (Wildman–Crippen MR) is 137 cm³/mol. The van der Waals surface area contributed by atoms with E-state index in [1.54, 1.807) is 38.1 Å². The molecule has 2 aliphatic heterocycles. The Kier molecular flexibility index (Phi) is 7.12. The van der Waals surface area contributed by atoms with Crippen LogP contribution in [0.2, 0.25) is 0 Å². The van der Waals surface area contributed by atoms with E-state index < -0.39 is 16.8 Å². The second kappa shape index (κ2) is 10.5. The first-order chi connectivity index (χ1) is 18.2. The molecule has 38 heavy (non-hydrogen) atoms. The number of nitrogens with zero attached hydrogens (tertiary/aromatic N) is 1. The molecule has 8 nitrogen and oxygen atoms in total. The molecule has 1 fully saturated rings. The first-order valence-corrected chi connectivity index (χ1v) is 12.8. The van der Waals surface area contributed by atoms with Crippen LogP contribution in [-0.2, 0) is 19.1 Å². The van der Waals surface area contributed by atoms with Crippen LogP contribution in [0.3, 0.4) is 0 Å². The second-order valence-electron chi connectivity index (χ2n) is 10.1. The number of nitrogens with one attached hydrogen (secondary N) is 1. The zero-order valence-corrected chi connectivity index (χ0v) is 21.3. The van der Waals surface area contributed by atoms with Gasteiger partial charge >= 0.3 is 5.97 Å². The number of carbonyl (C=O) groups excluding carboxylic acids is 2. The number of hydrogen-bond acceptors (Lipinski definition) is 7. The summed E-state index contributed by atoms with van der Waals surface area (Å²) >= 11 is 0. The molecule has 0 bridgehead atoms. The van der Waals surface area contributed by atoms with Gasteiger partial charge in [-0.1, -0.05) is 24.3 Å². The summed E-state index contributed by atoms with van der Waals surface area (Å²) in [5, 5.41) is 15.0. The molecule has 5 rings (SSSR count). The molecule has 1 saturated heterocycles. The molecule has 2 heterocycles. The molecule has 0 radical (unpaired) electrons. The number of nitro benzene ring substituents is 1. The smallest absolute Gasteiger partial charge is 0.336 e. The Morgan fingerprint density at radius 2 is 1.89 bits per heavy atom. The molecular weight excluding hydrogens is 491 g/mol. The summed E-state index contributed by atoms with van der Waals surface area (Å²) in [6.45, 7) is 4.12. The van der Waals surface area contributed by atoms with Crippen molar-refractivity contribution in [2.24, 2.45) is 0 Å². The summed E-state index contributed by atoms with van der Waals surface area (Å²) in [7, 11) is 0. The maximum Gasteiger partial charge on any atom is 0.336 e. The highest BCUT2D eigenvalue weighted by atomic mass is 19.1. The van der Waals surface area contributed by atoms with Crippen LogP contribution in [0.5, 0.6) is 0 Å². The lowest BCUT2D eigenvalue weighted by Gasteiger charge is -2.36. The van der Waals surface area contributed by atoms with Gasteiger partial charge in [0.2, 0.25) is 0 Å². The SMILES string of the molecule is CC1=C(C(=O)OCC2CCCO2)C(c2ccc(C)c([N+](=O)[O-])c2)C2=C(CC(c3ccc(F)cc3)CC2=O)N1. The number of rotatable bonds is 6. The van der Waals surface area contributed by atoms with Crippen molar-refractivity contribution in [2.75, 3.05) is 13.2 Å². The van der Waals surface area contributed by atoms with Crippen LogP contribution in [0.15, 0.2) is 65.0 Å². The molecule has 2 aromatic carbocycles. The van der Waals surface area contributed by atoms with E-state index in [1.165, 1.54) is 18.2 Å². The van der Waals surface area contributed by atoms with Gasteiger partial charge in [-0.25, -0.2) is 9.18 Å². The average molecular weight is 521 g/mol. The fraction of sp³-hybridized carbons (Fsp3) is 0.379. The van der Waals surface area contributed by atoms with Crippen molar-refractivity contribution in [3.8, 4) is 0 Å². The lowest BCUT2D eigenvalue weighted by molar-refractivity contribution is -0.385. The summed E-state index contributed by atoms with van der Waals surface area (Å²) in [4.78, 5) is 38.4. The van der Waals surface area contributed by atoms with Gasteiger partial charge in [-0.15, -0.1) is 0 Å². The van der Waals surface area contributed by atoms with Crippen LogP contribution >= 0.6 is 0 Å². The van der Waals surface area contributed by atoms with Crippen LogP contribution in [-0.4, -0.2) is 36.0 Å². The number of carbonyl (C=O) groups is 2. The van der Waals surface area contributed by atoms with Crippen molar-refractivity contribution >= 4 is 17.4 Å². The summed E-state index contributed by atoms with van der Waals surface area (Å²) < 4.78 is 24.7. The minimum atomic E-state index is -0.816. The number of benzene rings is 2. The fourth-order valence-electron chi connectivity index (χ4n) is 5.64. The third-order valence-electron chi connectivity index (χ3n) is 7.58. The highest BCUT2D eigenvalue weighted by Crippen LogP contribution is 2.46. The average Bonchev–Trinajstić information content (AvgIpc) is 3.41. The Morgan fingerprint density at radius 3 is 2.58 bits per heavy atom. The van der Waals surface area contributed by atoms with Crippen molar-refractivity contribution in [2.45, 2.75) is 57.5 Å². The van der Waals surface area contributed by atoms with Crippen molar-refractivity contribution in [3.63, 3.8) is 0 Å². The van der Waals surface area contributed by atoms with Crippen LogP contribution in [0.4, 0.5) is 10.1 Å². The highest BCUT2D eigenvalue weighted by molar-refractivity contribution is 6.04. The third kappa shape index (κ3) is 4.98. The molecule has 198 valence electrons. The van der Waals surface area contributed by atoms with Crippen molar-refractivity contribution in [1.29, 1.82) is 0 Å². The summed E-state index contributed by atoms with van der Waals surface area (Å²) in [6, 6.07) is 10.9. The number of hydrogen-bond donors (Lipinski definition) is 1. The quantitative estimate of drug-likeness (QED) is 0.320. The summed E-state index contributed by atoms with van der Waals surface area (Å²) in [5.74, 6) is -2.08. The number of nitro groups is 1. The third-order valence-corrected chi connectivity index (χ3v) is 7.58. The van der Waals surface area contributed by atoms with Gasteiger partial charge in [0.1, 0.15) is 12.4 Å². The number of allylic oxidation sites excluding steroid dienone is 3. The molecule has 3 unspecified atom stereocenters. The van der Waals surface area contributed by atoms with Gasteiger partial charge in [0.05, 0.1) is 16.6 Å². The van der Waals surface area contributed by atoms with E-state index in [4.69, 9.17) is 9.47 Å². The van der Waals surface area contributed by atoms with E-state index in [1.807, 2.05) is 0 Å². The molecule has 3 aliphatic rings. The molecule has 2 aromatic rings. The maximum absolute atomic E-state index is 13.7. The standard InChI is InChI=1S/C29H29FN2O6/c1-16-5-6-19(13-24(16)32(35)36)27-26(29(34)38-15-22-4-3-11-37-22)17(2)31-23-12-20(14-25(33)28(23)27)18-7-9-21(30)10-8-18/h5-10,13,20,22,27,31H,3-4,11-12,14-15H2,1-2H3. The number of aryl methyl sites for hydroxylation is 1. The molecule has 1 N–H and O–H groups in total. The lowest BCUT2D eigenvalue weighted by Crippen LogP contribution is -2.36.